The summed E-state index contributed by atoms with van der Waals surface area (Å²) in [6.45, 7) is 9.28. The molecular formula is C20H34IN5O. The fourth-order valence-electron chi connectivity index (χ4n) is 2.86. The van der Waals surface area contributed by atoms with E-state index in [-0.39, 0.29) is 24.0 Å². The van der Waals surface area contributed by atoms with Gasteiger partial charge in [-0.15, -0.1) is 24.0 Å². The minimum atomic E-state index is 0. The van der Waals surface area contributed by atoms with Gasteiger partial charge in [0.15, 0.2) is 5.96 Å². The van der Waals surface area contributed by atoms with Gasteiger partial charge >= 0.3 is 0 Å². The maximum Gasteiger partial charge on any atom is 0.191 e. The Bertz CT molecular complexity index is 701. The van der Waals surface area contributed by atoms with Crippen molar-refractivity contribution in [3.63, 3.8) is 0 Å². The lowest BCUT2D eigenvalue weighted by atomic mass is 10.1. The second kappa shape index (κ2) is 13.0. The fraction of sp³-hybridized carbons (Fsp3) is 0.550. The maximum atomic E-state index is 5.10. The van der Waals surface area contributed by atoms with Crippen LogP contribution < -0.4 is 10.6 Å². The lowest BCUT2D eigenvalue weighted by Gasteiger charge is -2.15. The number of nitrogens with one attached hydrogen (secondary N) is 3. The zero-order valence-electron chi connectivity index (χ0n) is 17.0. The minimum Gasteiger partial charge on any atom is -0.383 e. The average Bonchev–Trinajstić information content (AvgIpc) is 3.02. The quantitative estimate of drug-likeness (QED) is 0.274. The summed E-state index contributed by atoms with van der Waals surface area (Å²) in [7, 11) is 3.82. The van der Waals surface area contributed by atoms with Crippen LogP contribution in [0.3, 0.4) is 0 Å². The van der Waals surface area contributed by atoms with Crippen LogP contribution in [0.15, 0.2) is 29.4 Å². The summed E-state index contributed by atoms with van der Waals surface area (Å²) < 4.78 is 5.10. The molecule has 0 fully saturated rings. The largest absolute Gasteiger partial charge is 0.383 e. The summed E-state index contributed by atoms with van der Waals surface area (Å²) >= 11 is 0. The smallest absolute Gasteiger partial charge is 0.191 e. The summed E-state index contributed by atoms with van der Waals surface area (Å²) in [5.41, 5.74) is 3.82. The standard InChI is InChI=1S/C20H33N5O.HI/c1-5-21-20(23-10-11-25(3)12-13-26-4)22-9-8-17-15-24-19-14-16(2)6-7-18(17)19;/h6-7,14-15,24H,5,8-13H2,1-4H3,(H2,21,22,23);1H. The Hall–Kier alpha value is -1.32. The van der Waals surface area contributed by atoms with Crippen molar-refractivity contribution in [3.8, 4) is 0 Å². The van der Waals surface area contributed by atoms with E-state index in [1.54, 1.807) is 7.11 Å². The van der Waals surface area contributed by atoms with E-state index in [9.17, 15) is 0 Å². The third-order valence-electron chi connectivity index (χ3n) is 4.38. The molecule has 1 aromatic carbocycles. The second-order valence-electron chi connectivity index (χ2n) is 6.60. The van der Waals surface area contributed by atoms with Crippen LogP contribution in [-0.2, 0) is 11.2 Å². The van der Waals surface area contributed by atoms with E-state index in [1.807, 2.05) is 0 Å². The van der Waals surface area contributed by atoms with Crippen LogP contribution in [0.4, 0.5) is 0 Å². The number of methoxy groups -OCH3 is 1. The number of nitrogens with zero attached hydrogens (tertiary/aromatic N) is 2. The van der Waals surface area contributed by atoms with Gasteiger partial charge in [0, 0.05) is 50.4 Å². The molecule has 152 valence electrons. The number of H-pyrrole nitrogens is 1. The Morgan fingerprint density at radius 1 is 1.26 bits per heavy atom. The number of benzene rings is 1. The number of rotatable bonds is 10. The monoisotopic (exact) mass is 487 g/mol. The predicted octanol–water partition coefficient (Wildman–Crippen LogP) is 2.77. The van der Waals surface area contributed by atoms with Crippen molar-refractivity contribution in [2.45, 2.75) is 20.3 Å². The zero-order valence-corrected chi connectivity index (χ0v) is 19.3. The summed E-state index contributed by atoms with van der Waals surface area (Å²) in [6, 6.07) is 6.56. The van der Waals surface area contributed by atoms with Gasteiger partial charge in [0.1, 0.15) is 0 Å². The van der Waals surface area contributed by atoms with Crippen molar-refractivity contribution in [1.29, 1.82) is 0 Å². The Morgan fingerprint density at radius 2 is 2.07 bits per heavy atom. The molecule has 0 aliphatic heterocycles. The first-order chi connectivity index (χ1) is 12.6. The molecule has 1 aromatic heterocycles. The van der Waals surface area contributed by atoms with Gasteiger partial charge in [0.05, 0.1) is 13.2 Å². The second-order valence-corrected chi connectivity index (χ2v) is 6.60. The van der Waals surface area contributed by atoms with E-state index in [0.29, 0.717) is 0 Å². The van der Waals surface area contributed by atoms with Gasteiger partial charge in [-0.05, 0) is 44.5 Å². The molecule has 0 radical (unpaired) electrons. The first-order valence-electron chi connectivity index (χ1n) is 9.40. The van der Waals surface area contributed by atoms with Gasteiger partial charge < -0.3 is 25.3 Å². The van der Waals surface area contributed by atoms with Gasteiger partial charge in [0.2, 0.25) is 0 Å². The number of hydrogen-bond acceptors (Lipinski definition) is 3. The molecule has 0 amide bonds. The van der Waals surface area contributed by atoms with Crippen LogP contribution in [0, 0.1) is 6.92 Å². The number of aliphatic imine (C=N–C) groups is 1. The molecule has 0 atom stereocenters. The van der Waals surface area contributed by atoms with Crippen molar-refractivity contribution >= 4 is 40.8 Å². The maximum absolute atomic E-state index is 5.10. The third kappa shape index (κ3) is 8.06. The Kier molecular flexibility index (Phi) is 11.4. The average molecular weight is 487 g/mol. The number of guanidine groups is 1. The molecule has 0 saturated heterocycles. The van der Waals surface area contributed by atoms with Crippen molar-refractivity contribution in [2.24, 2.45) is 4.99 Å². The normalized spacial score (nSPS) is 11.7. The predicted molar refractivity (Wildman–Crippen MR) is 126 cm³/mol. The van der Waals surface area contributed by atoms with E-state index in [0.717, 1.165) is 51.7 Å². The molecular weight excluding hydrogens is 453 g/mol. The van der Waals surface area contributed by atoms with Crippen molar-refractivity contribution in [2.75, 3.05) is 53.5 Å². The highest BCUT2D eigenvalue weighted by Gasteiger charge is 2.04. The topological polar surface area (TPSA) is 64.7 Å². The molecule has 3 N–H and O–H groups in total. The van der Waals surface area contributed by atoms with Crippen LogP contribution >= 0.6 is 24.0 Å². The van der Waals surface area contributed by atoms with Gasteiger partial charge in [-0.2, -0.15) is 0 Å². The Morgan fingerprint density at radius 3 is 2.81 bits per heavy atom. The van der Waals surface area contributed by atoms with Crippen LogP contribution in [-0.4, -0.2) is 69.3 Å². The van der Waals surface area contributed by atoms with Crippen LogP contribution in [0.1, 0.15) is 18.1 Å². The highest BCUT2D eigenvalue weighted by atomic mass is 127. The van der Waals surface area contributed by atoms with Gasteiger partial charge in [-0.3, -0.25) is 4.99 Å². The number of fused-ring (bicyclic) bond motifs is 1. The molecule has 2 rings (SSSR count). The van der Waals surface area contributed by atoms with E-state index < -0.39 is 0 Å². The molecule has 0 aliphatic rings. The summed E-state index contributed by atoms with van der Waals surface area (Å²) in [5.74, 6) is 0.878. The number of aromatic nitrogens is 1. The first-order valence-corrected chi connectivity index (χ1v) is 9.40. The Labute approximate surface area is 180 Å². The number of hydrogen-bond donors (Lipinski definition) is 3. The molecule has 0 bridgehead atoms. The molecule has 6 nitrogen and oxygen atoms in total. The molecule has 0 spiro atoms. The van der Waals surface area contributed by atoms with E-state index in [1.165, 1.54) is 22.0 Å². The zero-order chi connectivity index (χ0) is 18.8. The molecule has 0 aliphatic carbocycles. The number of aromatic amines is 1. The highest BCUT2D eigenvalue weighted by Crippen LogP contribution is 2.19. The van der Waals surface area contributed by atoms with Crippen LogP contribution in [0.5, 0.6) is 0 Å². The van der Waals surface area contributed by atoms with Crippen molar-refractivity contribution in [1.82, 2.24) is 20.5 Å². The van der Waals surface area contributed by atoms with Crippen molar-refractivity contribution < 1.29 is 4.74 Å². The van der Waals surface area contributed by atoms with E-state index in [4.69, 9.17) is 4.74 Å². The molecule has 27 heavy (non-hydrogen) atoms. The van der Waals surface area contributed by atoms with Crippen LogP contribution in [0.2, 0.25) is 0 Å². The Balaban J connectivity index is 0.00000364. The van der Waals surface area contributed by atoms with Crippen molar-refractivity contribution in [3.05, 3.63) is 35.5 Å². The van der Waals surface area contributed by atoms with Gasteiger partial charge in [-0.1, -0.05) is 12.1 Å². The number of halogens is 1. The molecule has 0 unspecified atom stereocenters. The molecule has 7 heteroatoms. The summed E-state index contributed by atoms with van der Waals surface area (Å²) in [5, 5.41) is 8.05. The van der Waals surface area contributed by atoms with Crippen LogP contribution in [0.25, 0.3) is 10.9 Å². The van der Waals surface area contributed by atoms with Gasteiger partial charge in [-0.25, -0.2) is 0 Å². The van der Waals surface area contributed by atoms with Gasteiger partial charge in [0.25, 0.3) is 0 Å². The molecule has 0 saturated carbocycles. The fourth-order valence-corrected chi connectivity index (χ4v) is 2.86. The van der Waals surface area contributed by atoms with E-state index >= 15 is 0 Å². The highest BCUT2D eigenvalue weighted by molar-refractivity contribution is 14.0. The number of aryl methyl sites for hydroxylation is 1. The molecule has 1 heterocycles. The number of ether oxygens (including phenoxy) is 1. The third-order valence-corrected chi connectivity index (χ3v) is 4.38. The lowest BCUT2D eigenvalue weighted by Crippen LogP contribution is -2.39. The van der Waals surface area contributed by atoms with E-state index in [2.05, 4.69) is 70.8 Å². The lowest BCUT2D eigenvalue weighted by molar-refractivity contribution is 0.163. The first kappa shape index (κ1) is 23.7. The summed E-state index contributed by atoms with van der Waals surface area (Å²) in [6.07, 6.45) is 3.07. The SMILES string of the molecule is CCNC(=NCCN(C)CCOC)NCCc1c[nH]c2cc(C)ccc12.I. The number of likely N-dealkylation sites (N-methyl/N-ethyl adjacent to an activating group) is 1. The summed E-state index contributed by atoms with van der Waals surface area (Å²) in [4.78, 5) is 10.3. The molecule has 2 aromatic rings. The minimum absolute atomic E-state index is 0.